The number of likely N-dealkylation sites (N-methyl/N-ethyl adjacent to an activating group) is 1. The maximum Gasteiger partial charge on any atom is 0.241 e. The van der Waals surface area contributed by atoms with Gasteiger partial charge in [0.25, 0.3) is 0 Å². The van der Waals surface area contributed by atoms with Crippen LogP contribution in [0.25, 0.3) is 10.9 Å². The number of hydrogen-bond acceptors (Lipinski definition) is 4. The van der Waals surface area contributed by atoms with Gasteiger partial charge in [-0.25, -0.2) is 0 Å². The van der Waals surface area contributed by atoms with Crippen molar-refractivity contribution in [2.45, 2.75) is 26.4 Å². The first-order chi connectivity index (χ1) is 12.4. The largest absolute Gasteiger partial charge is 0.357 e. The van der Waals surface area contributed by atoms with Crippen LogP contribution in [0.2, 0.25) is 0 Å². The number of fused-ring (bicyclic) bond motifs is 2. The zero-order chi connectivity index (χ0) is 18.4. The highest BCUT2D eigenvalue weighted by atomic mass is 16.2. The summed E-state index contributed by atoms with van der Waals surface area (Å²) in [6.07, 6.45) is 0. The Morgan fingerprint density at radius 2 is 1.81 bits per heavy atom. The molecule has 2 fully saturated rings. The molecule has 4 rings (SSSR count). The molecule has 0 aliphatic carbocycles. The van der Waals surface area contributed by atoms with Crippen molar-refractivity contribution in [2.24, 2.45) is 0 Å². The third-order valence-corrected chi connectivity index (χ3v) is 5.81. The highest BCUT2D eigenvalue weighted by molar-refractivity contribution is 5.85. The monoisotopic (exact) mass is 354 g/mol. The molecule has 3 heterocycles. The van der Waals surface area contributed by atoms with Crippen molar-refractivity contribution in [1.82, 2.24) is 19.7 Å². The Bertz CT molecular complexity index is 920. The van der Waals surface area contributed by atoms with Gasteiger partial charge >= 0.3 is 0 Å². The van der Waals surface area contributed by atoms with E-state index < -0.39 is 0 Å². The molecule has 1 amide bonds. The second-order valence-corrected chi connectivity index (χ2v) is 7.65. The number of nitrogens with one attached hydrogen (secondary N) is 1. The van der Waals surface area contributed by atoms with E-state index in [0.717, 1.165) is 60.4 Å². The van der Waals surface area contributed by atoms with Crippen LogP contribution in [0.3, 0.4) is 0 Å². The van der Waals surface area contributed by atoms with E-state index in [2.05, 4.69) is 14.8 Å². The number of amides is 1. The number of benzene rings is 1. The van der Waals surface area contributed by atoms with Crippen molar-refractivity contribution in [1.29, 1.82) is 0 Å². The van der Waals surface area contributed by atoms with Gasteiger partial charge in [-0.3, -0.25) is 19.4 Å². The van der Waals surface area contributed by atoms with Gasteiger partial charge in [0.1, 0.15) is 6.04 Å². The molecule has 6 heteroatoms. The number of aryl methyl sites for hydroxylation is 2. The molecule has 6 nitrogen and oxygen atoms in total. The van der Waals surface area contributed by atoms with Gasteiger partial charge in [-0.15, -0.1) is 0 Å². The van der Waals surface area contributed by atoms with E-state index in [4.69, 9.17) is 0 Å². The maximum absolute atomic E-state index is 12.6. The number of H-pyrrole nitrogens is 1. The molecule has 0 bridgehead atoms. The van der Waals surface area contributed by atoms with Crippen LogP contribution >= 0.6 is 0 Å². The highest BCUT2D eigenvalue weighted by Gasteiger charge is 2.37. The molecule has 1 unspecified atom stereocenters. The number of piperazine rings is 2. The number of carbonyl (C=O) groups is 1. The lowest BCUT2D eigenvalue weighted by atomic mass is 10.0. The molecule has 0 saturated carbocycles. The maximum atomic E-state index is 12.6. The number of pyridine rings is 1. The molecule has 2 aliphatic rings. The van der Waals surface area contributed by atoms with E-state index >= 15 is 0 Å². The van der Waals surface area contributed by atoms with E-state index in [1.54, 1.807) is 6.07 Å². The first-order valence-electron chi connectivity index (χ1n) is 9.27. The van der Waals surface area contributed by atoms with Gasteiger partial charge in [-0.05, 0) is 25.0 Å². The van der Waals surface area contributed by atoms with Crippen molar-refractivity contribution in [3.63, 3.8) is 0 Å². The van der Waals surface area contributed by atoms with E-state index in [0.29, 0.717) is 6.54 Å². The molecular weight excluding hydrogens is 328 g/mol. The van der Waals surface area contributed by atoms with Crippen molar-refractivity contribution in [3.05, 3.63) is 45.2 Å². The third kappa shape index (κ3) is 2.93. The molecule has 0 spiro atoms. The van der Waals surface area contributed by atoms with Gasteiger partial charge in [0.2, 0.25) is 5.91 Å². The number of aromatic nitrogens is 1. The van der Waals surface area contributed by atoms with Gasteiger partial charge < -0.3 is 9.88 Å². The molecule has 1 N–H and O–H groups in total. The van der Waals surface area contributed by atoms with Crippen LogP contribution in [-0.2, 0) is 11.3 Å². The van der Waals surface area contributed by atoms with Crippen LogP contribution in [0.15, 0.2) is 23.0 Å². The zero-order valence-corrected chi connectivity index (χ0v) is 15.7. The molecule has 138 valence electrons. The van der Waals surface area contributed by atoms with Crippen LogP contribution in [-0.4, -0.2) is 71.4 Å². The average Bonchev–Trinajstić information content (AvgIpc) is 2.61. The van der Waals surface area contributed by atoms with Gasteiger partial charge in [0, 0.05) is 63.5 Å². The zero-order valence-electron chi connectivity index (χ0n) is 15.7. The normalized spacial score (nSPS) is 22.0. The Balaban J connectivity index is 1.59. The second kappa shape index (κ2) is 6.52. The summed E-state index contributed by atoms with van der Waals surface area (Å²) in [5, 5.41) is 0.780. The summed E-state index contributed by atoms with van der Waals surface area (Å²) in [4.78, 5) is 35.0. The number of aromatic amines is 1. The number of carbonyl (C=O) groups excluding carboxylic acids is 1. The minimum atomic E-state index is -0.0568. The van der Waals surface area contributed by atoms with Crippen LogP contribution < -0.4 is 5.43 Å². The summed E-state index contributed by atoms with van der Waals surface area (Å²) in [7, 11) is 1.88. The SMILES string of the molecule is Cc1ccc(C)c2c(=O)cc(CN3CCN4CCN(C)C(=O)C4C3)[nH]c12. The predicted octanol–water partition coefficient (Wildman–Crippen LogP) is 1.10. The fraction of sp³-hybridized carbons (Fsp3) is 0.500. The smallest absolute Gasteiger partial charge is 0.241 e. The Labute approximate surface area is 153 Å². The Kier molecular flexibility index (Phi) is 4.32. The van der Waals surface area contributed by atoms with Gasteiger partial charge in [0.15, 0.2) is 5.43 Å². The quantitative estimate of drug-likeness (QED) is 0.878. The number of nitrogens with zero attached hydrogens (tertiary/aromatic N) is 3. The molecule has 1 aromatic carbocycles. The molecule has 26 heavy (non-hydrogen) atoms. The van der Waals surface area contributed by atoms with Crippen molar-refractivity contribution in [3.8, 4) is 0 Å². The molecule has 2 aliphatic heterocycles. The van der Waals surface area contributed by atoms with Crippen LogP contribution in [0, 0.1) is 13.8 Å². The molecule has 1 aromatic heterocycles. The predicted molar refractivity (Wildman–Crippen MR) is 102 cm³/mol. The van der Waals surface area contributed by atoms with E-state index in [1.165, 1.54) is 0 Å². The summed E-state index contributed by atoms with van der Waals surface area (Å²) >= 11 is 0. The topological polar surface area (TPSA) is 59.7 Å². The van der Waals surface area contributed by atoms with Gasteiger partial charge in [-0.1, -0.05) is 12.1 Å². The van der Waals surface area contributed by atoms with E-state index in [1.807, 2.05) is 37.9 Å². The van der Waals surface area contributed by atoms with Crippen molar-refractivity contribution < 1.29 is 4.79 Å². The summed E-state index contributed by atoms with van der Waals surface area (Å²) in [6, 6.07) is 5.71. The summed E-state index contributed by atoms with van der Waals surface area (Å²) in [6.45, 7) is 8.96. The molecule has 1 atom stereocenters. The minimum Gasteiger partial charge on any atom is -0.357 e. The van der Waals surface area contributed by atoms with E-state index in [-0.39, 0.29) is 17.4 Å². The Morgan fingerprint density at radius 1 is 1.08 bits per heavy atom. The minimum absolute atomic E-state index is 0.0568. The average molecular weight is 354 g/mol. The summed E-state index contributed by atoms with van der Waals surface area (Å²) < 4.78 is 0. The highest BCUT2D eigenvalue weighted by Crippen LogP contribution is 2.20. The fourth-order valence-corrected chi connectivity index (χ4v) is 4.21. The molecule has 2 saturated heterocycles. The lowest BCUT2D eigenvalue weighted by Crippen LogP contribution is -2.63. The van der Waals surface area contributed by atoms with Crippen LogP contribution in [0.4, 0.5) is 0 Å². The van der Waals surface area contributed by atoms with Gasteiger partial charge in [-0.2, -0.15) is 0 Å². The number of rotatable bonds is 2. The molecule has 0 radical (unpaired) electrons. The molecular formula is C20H26N4O2. The standard InChI is InChI=1S/C20H26N4O2/c1-13-4-5-14(2)19-18(13)17(25)10-15(21-19)11-23-7-9-24-8-6-22(3)20(26)16(24)12-23/h4-5,10,16H,6-9,11-12H2,1-3H3,(H,21,25). The summed E-state index contributed by atoms with van der Waals surface area (Å²) in [5.74, 6) is 0.208. The fourth-order valence-electron chi connectivity index (χ4n) is 4.21. The summed E-state index contributed by atoms with van der Waals surface area (Å²) in [5.41, 5.74) is 4.00. The third-order valence-electron chi connectivity index (χ3n) is 5.81. The van der Waals surface area contributed by atoms with Crippen LogP contribution in [0.1, 0.15) is 16.8 Å². The van der Waals surface area contributed by atoms with Crippen molar-refractivity contribution in [2.75, 3.05) is 39.8 Å². The Morgan fingerprint density at radius 3 is 2.62 bits per heavy atom. The van der Waals surface area contributed by atoms with E-state index in [9.17, 15) is 9.59 Å². The lowest BCUT2D eigenvalue weighted by molar-refractivity contribution is -0.143. The number of hydrogen-bond donors (Lipinski definition) is 1. The van der Waals surface area contributed by atoms with Crippen LogP contribution in [0.5, 0.6) is 0 Å². The van der Waals surface area contributed by atoms with Crippen molar-refractivity contribution >= 4 is 16.8 Å². The first-order valence-corrected chi connectivity index (χ1v) is 9.27. The Hall–Kier alpha value is -2.18. The second-order valence-electron chi connectivity index (χ2n) is 7.65. The van der Waals surface area contributed by atoms with Gasteiger partial charge in [0.05, 0.1) is 5.52 Å². The first kappa shape index (κ1) is 17.2. The molecule has 2 aromatic rings. The lowest BCUT2D eigenvalue weighted by Gasteiger charge is -2.45.